The van der Waals surface area contributed by atoms with Crippen molar-refractivity contribution in [2.75, 3.05) is 6.54 Å². The molecule has 1 N–H and O–H groups in total. The van der Waals surface area contributed by atoms with Crippen molar-refractivity contribution >= 4 is 21.6 Å². The van der Waals surface area contributed by atoms with Crippen LogP contribution in [0.15, 0.2) is 29.0 Å². The van der Waals surface area contributed by atoms with Gasteiger partial charge in [0.25, 0.3) is 5.69 Å². The molecule has 0 aliphatic carbocycles. The molecule has 106 valence electrons. The van der Waals surface area contributed by atoms with E-state index in [1.165, 1.54) is 0 Å². The third kappa shape index (κ3) is 3.61. The number of benzene rings is 1. The second-order valence-corrected chi connectivity index (χ2v) is 5.18. The molecule has 1 aromatic heterocycles. The molecule has 0 spiro atoms. The fraction of sp³-hybridized carbons (Fsp3) is 0.333. The van der Waals surface area contributed by atoms with Crippen molar-refractivity contribution in [2.24, 2.45) is 7.05 Å². The Bertz CT molecular complexity index is 614. The Morgan fingerprint density at radius 1 is 1.50 bits per heavy atom. The highest BCUT2D eigenvalue weighted by molar-refractivity contribution is 9.10. The molecular weight excluding hydrogens is 326 g/mol. The second kappa shape index (κ2) is 6.58. The number of halogens is 1. The van der Waals surface area contributed by atoms with Crippen LogP contribution >= 0.6 is 15.9 Å². The number of nitrogens with zero attached hydrogens (tertiary/aromatic N) is 4. The molecule has 1 aromatic carbocycles. The van der Waals surface area contributed by atoms with Crippen molar-refractivity contribution in [2.45, 2.75) is 13.0 Å². The van der Waals surface area contributed by atoms with Gasteiger partial charge in [0.2, 0.25) is 0 Å². The van der Waals surface area contributed by atoms with Crippen LogP contribution < -0.4 is 5.32 Å². The number of nitro benzene ring substituents is 1. The van der Waals surface area contributed by atoms with Crippen molar-refractivity contribution in [3.63, 3.8) is 0 Å². The first kappa shape index (κ1) is 14.6. The zero-order valence-electron chi connectivity index (χ0n) is 10.9. The van der Waals surface area contributed by atoms with Crippen LogP contribution in [0.25, 0.3) is 0 Å². The van der Waals surface area contributed by atoms with E-state index in [4.69, 9.17) is 0 Å². The fourth-order valence-corrected chi connectivity index (χ4v) is 2.17. The highest BCUT2D eigenvalue weighted by atomic mass is 79.9. The molecule has 8 heteroatoms. The average Bonchev–Trinajstić information content (AvgIpc) is 2.82. The van der Waals surface area contributed by atoms with Crippen LogP contribution in [0.5, 0.6) is 0 Å². The standard InChI is InChI=1S/C12H14BrN5O2/c1-17-8-15-16-12(17)4-5-14-7-9-2-3-10(13)11(6-9)18(19)20/h2-3,6,8,14H,4-5,7H2,1H3. The molecule has 0 radical (unpaired) electrons. The van der Waals surface area contributed by atoms with Crippen LogP contribution in [-0.2, 0) is 20.0 Å². The third-order valence-electron chi connectivity index (χ3n) is 2.87. The summed E-state index contributed by atoms with van der Waals surface area (Å²) >= 11 is 3.17. The summed E-state index contributed by atoms with van der Waals surface area (Å²) in [6.07, 6.45) is 2.42. The Morgan fingerprint density at radius 2 is 2.30 bits per heavy atom. The van der Waals surface area contributed by atoms with Gasteiger partial charge in [0.05, 0.1) is 9.40 Å². The zero-order valence-corrected chi connectivity index (χ0v) is 12.5. The van der Waals surface area contributed by atoms with Gasteiger partial charge in [0.15, 0.2) is 0 Å². The molecule has 0 bridgehead atoms. The summed E-state index contributed by atoms with van der Waals surface area (Å²) in [5, 5.41) is 21.9. The van der Waals surface area contributed by atoms with Gasteiger partial charge in [0.1, 0.15) is 12.2 Å². The van der Waals surface area contributed by atoms with Gasteiger partial charge in [-0.2, -0.15) is 0 Å². The number of hydrogen-bond donors (Lipinski definition) is 1. The van der Waals surface area contributed by atoms with E-state index in [0.717, 1.165) is 24.4 Å². The van der Waals surface area contributed by atoms with E-state index in [0.29, 0.717) is 11.0 Å². The minimum atomic E-state index is -0.396. The summed E-state index contributed by atoms with van der Waals surface area (Å²) in [6, 6.07) is 5.11. The molecule has 0 aliphatic heterocycles. The van der Waals surface area contributed by atoms with Gasteiger partial charge in [-0.05, 0) is 27.6 Å². The topological polar surface area (TPSA) is 85.9 Å². The molecule has 0 saturated heterocycles. The van der Waals surface area contributed by atoms with Gasteiger partial charge in [0, 0.05) is 32.6 Å². The Hall–Kier alpha value is -1.80. The van der Waals surface area contributed by atoms with E-state index >= 15 is 0 Å². The molecule has 0 aliphatic rings. The third-order valence-corrected chi connectivity index (χ3v) is 3.54. The zero-order chi connectivity index (χ0) is 14.5. The minimum absolute atomic E-state index is 0.0811. The summed E-state index contributed by atoms with van der Waals surface area (Å²) in [7, 11) is 1.90. The van der Waals surface area contributed by atoms with Gasteiger partial charge in [-0.1, -0.05) is 6.07 Å². The smallest absolute Gasteiger partial charge is 0.283 e. The molecule has 0 amide bonds. The number of rotatable bonds is 6. The molecule has 0 saturated carbocycles. The highest BCUT2D eigenvalue weighted by Crippen LogP contribution is 2.25. The first-order chi connectivity index (χ1) is 9.58. The Labute approximate surface area is 124 Å². The Morgan fingerprint density at radius 3 is 2.95 bits per heavy atom. The van der Waals surface area contributed by atoms with Gasteiger partial charge >= 0.3 is 0 Å². The van der Waals surface area contributed by atoms with Gasteiger partial charge in [-0.25, -0.2) is 0 Å². The maximum Gasteiger partial charge on any atom is 0.283 e. The lowest BCUT2D eigenvalue weighted by Gasteiger charge is -2.05. The SMILES string of the molecule is Cn1cnnc1CCNCc1ccc(Br)c([N+](=O)[O-])c1. The number of aromatic nitrogens is 3. The van der Waals surface area contributed by atoms with Crippen LogP contribution in [0.2, 0.25) is 0 Å². The molecule has 20 heavy (non-hydrogen) atoms. The number of hydrogen-bond acceptors (Lipinski definition) is 5. The highest BCUT2D eigenvalue weighted by Gasteiger charge is 2.11. The normalized spacial score (nSPS) is 10.7. The molecule has 1 heterocycles. The van der Waals surface area contributed by atoms with Gasteiger partial charge in [-0.3, -0.25) is 10.1 Å². The van der Waals surface area contributed by atoms with Crippen molar-refractivity contribution in [1.29, 1.82) is 0 Å². The largest absolute Gasteiger partial charge is 0.321 e. The summed E-state index contributed by atoms with van der Waals surface area (Å²) in [5.74, 6) is 0.902. The fourth-order valence-electron chi connectivity index (χ4n) is 1.77. The summed E-state index contributed by atoms with van der Waals surface area (Å²) < 4.78 is 2.36. The van der Waals surface area contributed by atoms with E-state index in [1.54, 1.807) is 18.5 Å². The lowest BCUT2D eigenvalue weighted by Crippen LogP contribution is -2.18. The van der Waals surface area contributed by atoms with Gasteiger partial charge in [-0.15, -0.1) is 10.2 Å². The summed E-state index contributed by atoms with van der Waals surface area (Å²) in [5.41, 5.74) is 0.954. The molecule has 2 aromatic rings. The number of nitrogens with one attached hydrogen (secondary N) is 1. The van der Waals surface area contributed by atoms with Crippen molar-refractivity contribution in [3.05, 3.63) is 50.5 Å². The van der Waals surface area contributed by atoms with E-state index < -0.39 is 4.92 Å². The van der Waals surface area contributed by atoms with Crippen molar-refractivity contribution in [1.82, 2.24) is 20.1 Å². The summed E-state index contributed by atoms with van der Waals surface area (Å²) in [4.78, 5) is 10.4. The first-order valence-electron chi connectivity index (χ1n) is 6.04. The first-order valence-corrected chi connectivity index (χ1v) is 6.83. The molecule has 2 rings (SSSR count). The molecule has 0 fully saturated rings. The number of nitro groups is 1. The lowest BCUT2D eigenvalue weighted by atomic mass is 10.2. The predicted molar refractivity (Wildman–Crippen MR) is 77.2 cm³/mol. The number of aryl methyl sites for hydroxylation is 1. The van der Waals surface area contributed by atoms with E-state index in [9.17, 15) is 10.1 Å². The van der Waals surface area contributed by atoms with Crippen LogP contribution in [0.4, 0.5) is 5.69 Å². The van der Waals surface area contributed by atoms with E-state index in [-0.39, 0.29) is 5.69 Å². The average molecular weight is 340 g/mol. The Kier molecular flexibility index (Phi) is 4.80. The van der Waals surface area contributed by atoms with Crippen molar-refractivity contribution in [3.8, 4) is 0 Å². The minimum Gasteiger partial charge on any atom is -0.321 e. The van der Waals surface area contributed by atoms with Crippen LogP contribution in [0, 0.1) is 10.1 Å². The van der Waals surface area contributed by atoms with Crippen LogP contribution in [0.3, 0.4) is 0 Å². The molecule has 7 nitrogen and oxygen atoms in total. The second-order valence-electron chi connectivity index (χ2n) is 4.33. The maximum atomic E-state index is 10.8. The quantitative estimate of drug-likeness (QED) is 0.492. The molecule has 0 atom stereocenters. The van der Waals surface area contributed by atoms with E-state index in [1.807, 2.05) is 17.7 Å². The maximum absolute atomic E-state index is 10.8. The van der Waals surface area contributed by atoms with Crippen molar-refractivity contribution < 1.29 is 4.92 Å². The summed E-state index contributed by atoms with van der Waals surface area (Å²) in [6.45, 7) is 1.31. The predicted octanol–water partition coefficient (Wildman–Crippen LogP) is 1.82. The van der Waals surface area contributed by atoms with E-state index in [2.05, 4.69) is 31.4 Å². The van der Waals surface area contributed by atoms with Gasteiger partial charge < -0.3 is 9.88 Å². The monoisotopic (exact) mass is 339 g/mol. The van der Waals surface area contributed by atoms with Crippen LogP contribution in [0.1, 0.15) is 11.4 Å². The Balaban J connectivity index is 1.87. The lowest BCUT2D eigenvalue weighted by molar-refractivity contribution is -0.385. The molecule has 0 unspecified atom stereocenters. The van der Waals surface area contributed by atoms with Crippen LogP contribution in [-0.4, -0.2) is 26.2 Å². The molecular formula is C12H14BrN5O2.